The van der Waals surface area contributed by atoms with Crippen LogP contribution in [0.5, 0.6) is 0 Å². The van der Waals surface area contributed by atoms with Gasteiger partial charge in [0.1, 0.15) is 0 Å². The van der Waals surface area contributed by atoms with Crippen molar-refractivity contribution in [2.45, 2.75) is 44.7 Å². The molecule has 7 nitrogen and oxygen atoms in total. The molecule has 1 unspecified atom stereocenters. The predicted molar refractivity (Wildman–Crippen MR) is 115 cm³/mol. The molecule has 1 aliphatic heterocycles. The van der Waals surface area contributed by atoms with Crippen LogP contribution in [0.1, 0.15) is 31.7 Å². The van der Waals surface area contributed by atoms with E-state index in [-0.39, 0.29) is 11.6 Å². The van der Waals surface area contributed by atoms with E-state index in [1.807, 2.05) is 53.0 Å². The van der Waals surface area contributed by atoms with Gasteiger partial charge in [-0.2, -0.15) is 5.10 Å². The van der Waals surface area contributed by atoms with Gasteiger partial charge < -0.3 is 15.0 Å². The number of rotatable bonds is 4. The lowest BCUT2D eigenvalue weighted by molar-refractivity contribution is -0.122. The predicted octanol–water partition coefficient (Wildman–Crippen LogP) is 4.13. The Hall–Kier alpha value is -2.93. The fraction of sp³-hybridized carbons (Fsp3) is 0.435. The molecule has 1 saturated heterocycles. The molecule has 2 aliphatic rings. The van der Waals surface area contributed by atoms with Gasteiger partial charge in [0.25, 0.3) is 0 Å². The zero-order valence-corrected chi connectivity index (χ0v) is 17.6. The lowest BCUT2D eigenvalue weighted by atomic mass is 9.65. The number of urea groups is 1. The highest BCUT2D eigenvalue weighted by Gasteiger charge is 2.58. The quantitative estimate of drug-likeness (QED) is 0.709. The molecule has 0 radical (unpaired) electrons. The number of aromatic nitrogens is 3. The van der Waals surface area contributed by atoms with Crippen LogP contribution in [0.25, 0.3) is 16.8 Å². The Labute approximate surface area is 176 Å². The summed E-state index contributed by atoms with van der Waals surface area (Å²) in [5.41, 5.74) is 4.45. The van der Waals surface area contributed by atoms with Gasteiger partial charge in [-0.3, -0.25) is 4.98 Å². The first kappa shape index (κ1) is 19.1. The van der Waals surface area contributed by atoms with E-state index >= 15 is 0 Å². The van der Waals surface area contributed by atoms with E-state index in [1.54, 1.807) is 13.3 Å². The maximum atomic E-state index is 13.2. The number of hydrogen-bond donors (Lipinski definition) is 1. The van der Waals surface area contributed by atoms with E-state index in [9.17, 15) is 4.79 Å². The van der Waals surface area contributed by atoms with Gasteiger partial charge >= 0.3 is 6.03 Å². The molecular formula is C23H27N5O2. The van der Waals surface area contributed by atoms with Crippen LogP contribution in [-0.4, -0.2) is 50.8 Å². The number of carbonyl (C=O) groups is 1. The molecule has 1 saturated carbocycles. The van der Waals surface area contributed by atoms with Gasteiger partial charge in [0.15, 0.2) is 0 Å². The van der Waals surface area contributed by atoms with Gasteiger partial charge in [-0.15, -0.1) is 0 Å². The maximum absolute atomic E-state index is 13.2. The molecule has 2 bridgehead atoms. The van der Waals surface area contributed by atoms with E-state index in [0.717, 1.165) is 47.3 Å². The van der Waals surface area contributed by atoms with Crippen molar-refractivity contribution in [1.82, 2.24) is 19.5 Å². The van der Waals surface area contributed by atoms with Crippen LogP contribution in [0.4, 0.5) is 10.5 Å². The van der Waals surface area contributed by atoms with Gasteiger partial charge in [-0.25, -0.2) is 9.31 Å². The van der Waals surface area contributed by atoms with Crippen LogP contribution in [0.15, 0.2) is 42.9 Å². The van der Waals surface area contributed by atoms with E-state index in [2.05, 4.69) is 22.3 Å². The summed E-state index contributed by atoms with van der Waals surface area (Å²) in [6, 6.07) is 8.14. The van der Waals surface area contributed by atoms with Gasteiger partial charge in [0.05, 0.1) is 41.9 Å². The Morgan fingerprint density at radius 1 is 1.33 bits per heavy atom. The number of piperidine rings is 1. The van der Waals surface area contributed by atoms with Crippen molar-refractivity contribution in [1.29, 1.82) is 0 Å². The van der Waals surface area contributed by atoms with Gasteiger partial charge in [-0.1, -0.05) is 13.0 Å². The second-order valence-corrected chi connectivity index (χ2v) is 8.86. The Morgan fingerprint density at radius 2 is 2.20 bits per heavy atom. The highest BCUT2D eigenvalue weighted by molar-refractivity contribution is 5.92. The summed E-state index contributed by atoms with van der Waals surface area (Å²) >= 11 is 0. The normalized spacial score (nSPS) is 25.2. The van der Waals surface area contributed by atoms with Gasteiger partial charge in [0, 0.05) is 24.4 Å². The molecule has 3 heterocycles. The van der Waals surface area contributed by atoms with Crippen LogP contribution in [0.3, 0.4) is 0 Å². The molecule has 3 atom stereocenters. The fourth-order valence-corrected chi connectivity index (χ4v) is 5.43. The van der Waals surface area contributed by atoms with Gasteiger partial charge in [0.2, 0.25) is 0 Å². The summed E-state index contributed by atoms with van der Waals surface area (Å²) in [5, 5.41) is 7.42. The summed E-state index contributed by atoms with van der Waals surface area (Å²) < 4.78 is 7.29. The fourth-order valence-electron chi connectivity index (χ4n) is 5.43. The number of amides is 2. The van der Waals surface area contributed by atoms with Crippen molar-refractivity contribution >= 4 is 17.2 Å². The average molecular weight is 406 g/mol. The second kappa shape index (κ2) is 7.09. The van der Waals surface area contributed by atoms with Crippen LogP contribution >= 0.6 is 0 Å². The maximum Gasteiger partial charge on any atom is 0.322 e. The van der Waals surface area contributed by atoms with Crippen molar-refractivity contribution in [3.05, 3.63) is 48.4 Å². The van der Waals surface area contributed by atoms with Crippen molar-refractivity contribution in [3.63, 3.8) is 0 Å². The number of likely N-dealkylation sites (tertiary alicyclic amines) is 1. The molecule has 1 aromatic carbocycles. The average Bonchev–Trinajstić information content (AvgIpc) is 3.16. The minimum atomic E-state index is -0.165. The SMILES string of the molecule is COC[C@]12CC(C[C@@H](C)C1)N2C(=O)Nc1ccc(C)c(-c2cn3nccc3cn2)c1. The van der Waals surface area contributed by atoms with Crippen LogP contribution in [0.2, 0.25) is 0 Å². The van der Waals surface area contributed by atoms with Crippen molar-refractivity contribution in [2.24, 2.45) is 5.92 Å². The summed E-state index contributed by atoms with van der Waals surface area (Å²) in [4.78, 5) is 19.8. The third-order valence-electron chi connectivity index (χ3n) is 6.57. The summed E-state index contributed by atoms with van der Waals surface area (Å²) in [5.74, 6) is 0.622. The third kappa shape index (κ3) is 3.04. The molecule has 1 N–H and O–H groups in total. The number of fused-ring (bicyclic) bond motifs is 3. The topological polar surface area (TPSA) is 71.8 Å². The first-order valence-corrected chi connectivity index (χ1v) is 10.5. The van der Waals surface area contributed by atoms with Crippen molar-refractivity contribution < 1.29 is 9.53 Å². The highest BCUT2D eigenvalue weighted by atomic mass is 16.5. The van der Waals surface area contributed by atoms with E-state index < -0.39 is 0 Å². The number of benzene rings is 1. The van der Waals surface area contributed by atoms with Gasteiger partial charge in [-0.05, 0) is 55.9 Å². The zero-order chi connectivity index (χ0) is 20.9. The molecule has 7 heteroatoms. The molecule has 2 amide bonds. The van der Waals surface area contributed by atoms with E-state index in [0.29, 0.717) is 18.6 Å². The first-order valence-electron chi connectivity index (χ1n) is 10.5. The Bertz CT molecular complexity index is 1110. The summed E-state index contributed by atoms with van der Waals surface area (Å²) in [7, 11) is 1.72. The number of nitrogens with one attached hydrogen (secondary N) is 1. The van der Waals surface area contributed by atoms with Crippen LogP contribution in [-0.2, 0) is 4.74 Å². The largest absolute Gasteiger partial charge is 0.382 e. The first-order chi connectivity index (χ1) is 14.5. The number of carbonyl (C=O) groups excluding carboxylic acids is 1. The van der Waals surface area contributed by atoms with Crippen molar-refractivity contribution in [3.8, 4) is 11.3 Å². The minimum Gasteiger partial charge on any atom is -0.382 e. The number of methoxy groups -OCH3 is 1. The number of aryl methyl sites for hydroxylation is 1. The Morgan fingerprint density at radius 3 is 3.03 bits per heavy atom. The molecule has 0 spiro atoms. The van der Waals surface area contributed by atoms with E-state index in [1.165, 1.54) is 0 Å². The van der Waals surface area contributed by atoms with Crippen LogP contribution < -0.4 is 5.32 Å². The molecule has 1 aliphatic carbocycles. The highest BCUT2D eigenvalue weighted by Crippen LogP contribution is 2.50. The number of anilines is 1. The molecule has 30 heavy (non-hydrogen) atoms. The second-order valence-electron chi connectivity index (χ2n) is 8.86. The minimum absolute atomic E-state index is 0.0412. The molecule has 3 aromatic rings. The lowest BCUT2D eigenvalue weighted by Gasteiger charge is -2.63. The third-order valence-corrected chi connectivity index (χ3v) is 6.57. The molecule has 2 fully saturated rings. The molecule has 2 aromatic heterocycles. The smallest absolute Gasteiger partial charge is 0.322 e. The standard InChI is InChI=1S/C23H27N5O2/c1-15-8-19-11-23(10-15,14-30-3)28(19)22(29)26-17-5-4-16(2)20(9-17)21-13-27-18(12-24-21)6-7-25-27/h4-7,9,12-13,15,19H,8,10-11,14H2,1-3H3,(H,26,29)/t15-,19?,23-/m1/s1. The molecular weight excluding hydrogens is 378 g/mol. The monoisotopic (exact) mass is 405 g/mol. The zero-order valence-electron chi connectivity index (χ0n) is 17.6. The summed E-state index contributed by atoms with van der Waals surface area (Å²) in [6.45, 7) is 4.90. The lowest BCUT2D eigenvalue weighted by Crippen LogP contribution is -2.74. The molecule has 156 valence electrons. The number of ether oxygens (including phenoxy) is 1. The van der Waals surface area contributed by atoms with E-state index in [4.69, 9.17) is 4.74 Å². The van der Waals surface area contributed by atoms with Crippen LogP contribution in [0, 0.1) is 12.8 Å². The summed E-state index contributed by atoms with van der Waals surface area (Å²) in [6.07, 6.45) is 8.57. The Balaban J connectivity index is 1.40. The number of nitrogens with zero attached hydrogens (tertiary/aromatic N) is 4. The van der Waals surface area contributed by atoms with Crippen molar-refractivity contribution in [2.75, 3.05) is 19.0 Å². The Kier molecular flexibility index (Phi) is 4.50. The molecule has 5 rings (SSSR count). The number of hydrogen-bond acceptors (Lipinski definition) is 4.